The number of aliphatic hydroxyl groups is 1. The highest BCUT2D eigenvalue weighted by molar-refractivity contribution is 5.54. The van der Waals surface area contributed by atoms with E-state index in [1.165, 1.54) is 5.57 Å². The predicted molar refractivity (Wildman–Crippen MR) is 104 cm³/mol. The van der Waals surface area contributed by atoms with E-state index < -0.39 is 0 Å². The zero-order chi connectivity index (χ0) is 19.1. The molecule has 0 amide bonds. The molecule has 0 aliphatic rings. The van der Waals surface area contributed by atoms with Crippen LogP contribution in [0.3, 0.4) is 0 Å². The van der Waals surface area contributed by atoms with Crippen LogP contribution >= 0.6 is 0 Å². The zero-order valence-electron chi connectivity index (χ0n) is 16.7. The lowest BCUT2D eigenvalue weighted by molar-refractivity contribution is 0.362. The third-order valence-corrected chi connectivity index (χ3v) is 4.35. The maximum Gasteiger partial charge on any atom is 0.161 e. The molecule has 0 heterocycles. The Labute approximate surface area is 152 Å². The Morgan fingerprint density at radius 2 is 1.88 bits per heavy atom. The molecule has 0 saturated heterocycles. The predicted octanol–water partition coefficient (Wildman–Crippen LogP) is 4.89. The van der Waals surface area contributed by atoms with Crippen molar-refractivity contribution in [1.82, 2.24) is 4.90 Å². The van der Waals surface area contributed by atoms with E-state index in [1.54, 1.807) is 7.11 Å². The van der Waals surface area contributed by atoms with Crippen molar-refractivity contribution in [3.63, 3.8) is 0 Å². The Bertz CT molecular complexity index is 654. The Hall–Kier alpha value is -1.94. The lowest BCUT2D eigenvalue weighted by atomic mass is 9.94. The number of phenols is 1. The van der Waals surface area contributed by atoms with Gasteiger partial charge in [0.05, 0.1) is 12.9 Å². The van der Waals surface area contributed by atoms with Crippen LogP contribution in [0.5, 0.6) is 11.5 Å². The van der Waals surface area contributed by atoms with Crippen LogP contribution in [0.4, 0.5) is 0 Å². The summed E-state index contributed by atoms with van der Waals surface area (Å²) in [4.78, 5) is 2.07. The molecular weight excluding hydrogens is 314 g/mol. The Morgan fingerprint density at radius 3 is 2.40 bits per heavy atom. The fraction of sp³-hybridized carbons (Fsp3) is 0.524. The number of aromatic hydroxyl groups is 1. The molecule has 0 spiro atoms. The maximum absolute atomic E-state index is 10.6. The van der Waals surface area contributed by atoms with Crippen molar-refractivity contribution >= 4 is 0 Å². The number of methoxy groups -OCH3 is 1. The van der Waals surface area contributed by atoms with Gasteiger partial charge < -0.3 is 19.8 Å². The van der Waals surface area contributed by atoms with Gasteiger partial charge in [-0.3, -0.25) is 0 Å². The van der Waals surface area contributed by atoms with Crippen LogP contribution in [0.2, 0.25) is 0 Å². The van der Waals surface area contributed by atoms with Gasteiger partial charge >= 0.3 is 0 Å². The average molecular weight is 347 g/mol. The molecular formula is C21H33NO3. The summed E-state index contributed by atoms with van der Waals surface area (Å²) in [5, 5.41) is 20.9. The summed E-state index contributed by atoms with van der Waals surface area (Å²) < 4.78 is 5.28. The minimum atomic E-state index is 0.148. The number of hydrogen-bond acceptors (Lipinski definition) is 4. The van der Waals surface area contributed by atoms with Gasteiger partial charge in [0, 0.05) is 13.0 Å². The molecule has 2 N–H and O–H groups in total. The maximum atomic E-state index is 10.6. The van der Waals surface area contributed by atoms with E-state index in [1.807, 2.05) is 34.0 Å². The molecule has 0 aliphatic heterocycles. The quantitative estimate of drug-likeness (QED) is 0.519. The number of ether oxygens (including phenoxy) is 1. The zero-order valence-corrected chi connectivity index (χ0v) is 16.7. The van der Waals surface area contributed by atoms with Crippen LogP contribution in [0.25, 0.3) is 0 Å². The molecule has 4 nitrogen and oxygen atoms in total. The van der Waals surface area contributed by atoms with Crippen LogP contribution in [0, 0.1) is 6.92 Å². The monoisotopic (exact) mass is 347 g/mol. The van der Waals surface area contributed by atoms with Gasteiger partial charge in [0.15, 0.2) is 11.5 Å². The Balaban J connectivity index is 3.17. The van der Waals surface area contributed by atoms with Crippen molar-refractivity contribution in [3.05, 3.63) is 45.7 Å². The van der Waals surface area contributed by atoms with Gasteiger partial charge in [0.1, 0.15) is 0 Å². The van der Waals surface area contributed by atoms with Crippen molar-refractivity contribution in [1.29, 1.82) is 0 Å². The van der Waals surface area contributed by atoms with Crippen molar-refractivity contribution in [2.45, 2.75) is 53.5 Å². The van der Waals surface area contributed by atoms with E-state index in [9.17, 15) is 10.2 Å². The van der Waals surface area contributed by atoms with E-state index >= 15 is 0 Å². The first-order chi connectivity index (χ1) is 11.7. The molecule has 25 heavy (non-hydrogen) atoms. The van der Waals surface area contributed by atoms with Crippen molar-refractivity contribution in [2.75, 3.05) is 21.2 Å². The van der Waals surface area contributed by atoms with Gasteiger partial charge in [-0.05, 0) is 83.0 Å². The number of rotatable bonds is 8. The minimum absolute atomic E-state index is 0.148. The largest absolute Gasteiger partial charge is 0.512 e. The number of allylic oxidation sites excluding steroid dienone is 4. The lowest BCUT2D eigenvalue weighted by Crippen LogP contribution is -2.14. The first kappa shape index (κ1) is 21.1. The molecule has 4 heteroatoms. The number of phenolic OH excluding ortho intramolecular Hbond substituents is 1. The number of benzene rings is 1. The molecule has 1 rings (SSSR count). The van der Waals surface area contributed by atoms with Crippen molar-refractivity contribution in [3.8, 4) is 11.5 Å². The first-order valence-corrected chi connectivity index (χ1v) is 8.71. The Kier molecular flexibility index (Phi) is 8.04. The molecule has 1 aromatic carbocycles. The molecule has 0 radical (unpaired) electrons. The molecule has 0 bridgehead atoms. The smallest absolute Gasteiger partial charge is 0.161 e. The molecule has 0 fully saturated rings. The fourth-order valence-electron chi connectivity index (χ4n) is 2.81. The highest BCUT2D eigenvalue weighted by Crippen LogP contribution is 2.36. The van der Waals surface area contributed by atoms with E-state index in [-0.39, 0.29) is 5.75 Å². The van der Waals surface area contributed by atoms with E-state index in [0.29, 0.717) is 17.9 Å². The number of nitrogens with zero attached hydrogens (tertiary/aromatic N) is 1. The van der Waals surface area contributed by atoms with Crippen LogP contribution in [0.15, 0.2) is 29.0 Å². The molecule has 1 aromatic rings. The summed E-state index contributed by atoms with van der Waals surface area (Å²) in [6.45, 7) is 8.72. The van der Waals surface area contributed by atoms with E-state index in [4.69, 9.17) is 4.74 Å². The molecule has 0 aliphatic carbocycles. The average Bonchev–Trinajstić information content (AvgIpc) is 2.53. The number of hydrogen-bond donors (Lipinski definition) is 2. The third kappa shape index (κ3) is 6.13. The molecule has 0 saturated carbocycles. The Morgan fingerprint density at radius 1 is 1.24 bits per heavy atom. The summed E-state index contributed by atoms with van der Waals surface area (Å²) in [7, 11) is 5.55. The highest BCUT2D eigenvalue weighted by atomic mass is 16.5. The fourth-order valence-corrected chi connectivity index (χ4v) is 2.81. The lowest BCUT2D eigenvalue weighted by Gasteiger charge is -2.20. The van der Waals surface area contributed by atoms with Gasteiger partial charge in [0.25, 0.3) is 0 Å². The van der Waals surface area contributed by atoms with Crippen LogP contribution in [-0.4, -0.2) is 36.3 Å². The second kappa shape index (κ2) is 9.52. The topological polar surface area (TPSA) is 52.9 Å². The van der Waals surface area contributed by atoms with E-state index in [0.717, 1.165) is 41.6 Å². The van der Waals surface area contributed by atoms with Gasteiger partial charge in [-0.25, -0.2) is 0 Å². The summed E-state index contributed by atoms with van der Waals surface area (Å²) in [6, 6.07) is 1.86. The summed E-state index contributed by atoms with van der Waals surface area (Å²) in [6.07, 6.45) is 4.36. The van der Waals surface area contributed by atoms with E-state index in [2.05, 4.69) is 24.8 Å². The van der Waals surface area contributed by atoms with Crippen LogP contribution in [0.1, 0.15) is 50.3 Å². The molecule has 0 unspecified atom stereocenters. The van der Waals surface area contributed by atoms with Crippen LogP contribution in [-0.2, 0) is 13.0 Å². The van der Waals surface area contributed by atoms with Gasteiger partial charge in [-0.2, -0.15) is 0 Å². The summed E-state index contributed by atoms with van der Waals surface area (Å²) in [5.74, 6) is 1.01. The van der Waals surface area contributed by atoms with Gasteiger partial charge in [-0.1, -0.05) is 11.6 Å². The van der Waals surface area contributed by atoms with Gasteiger partial charge in [0.2, 0.25) is 0 Å². The first-order valence-electron chi connectivity index (χ1n) is 8.71. The van der Waals surface area contributed by atoms with Crippen molar-refractivity contribution in [2.24, 2.45) is 0 Å². The molecule has 0 atom stereocenters. The minimum Gasteiger partial charge on any atom is -0.512 e. The van der Waals surface area contributed by atoms with Crippen LogP contribution < -0.4 is 4.74 Å². The van der Waals surface area contributed by atoms with Gasteiger partial charge in [-0.15, -0.1) is 0 Å². The summed E-state index contributed by atoms with van der Waals surface area (Å²) >= 11 is 0. The second-order valence-corrected chi connectivity index (χ2v) is 7.15. The molecule has 140 valence electrons. The second-order valence-electron chi connectivity index (χ2n) is 7.15. The number of aliphatic hydroxyl groups excluding tert-OH is 1. The normalized spacial score (nSPS) is 12.2. The third-order valence-electron chi connectivity index (χ3n) is 4.35. The molecule has 0 aromatic heterocycles. The highest BCUT2D eigenvalue weighted by Gasteiger charge is 2.17. The SMILES string of the molecule is COc1cc(CN(C)C)c(C/C(O)=C(\C)CCC=C(C)C)c(C)c1O. The standard InChI is InChI=1S/C21H33NO3/c1-14(2)9-8-10-15(3)19(23)12-18-16(4)21(24)20(25-7)11-17(18)13-22(5)6/h9,11,23-24H,8,10,12-13H2,1-7H3/b19-15-. The van der Waals surface area contributed by atoms with Crippen molar-refractivity contribution < 1.29 is 14.9 Å². The summed E-state index contributed by atoms with van der Waals surface area (Å²) in [5.41, 5.74) is 5.06.